The summed E-state index contributed by atoms with van der Waals surface area (Å²) in [6.45, 7) is 3.21. The highest BCUT2D eigenvalue weighted by molar-refractivity contribution is 5.96. The number of likely N-dealkylation sites (tertiary alicyclic amines) is 1. The molecule has 0 spiro atoms. The van der Waals surface area contributed by atoms with Crippen molar-refractivity contribution < 1.29 is 9.59 Å². The maximum Gasteiger partial charge on any atom is 0.222 e. The fourth-order valence-electron chi connectivity index (χ4n) is 2.34. The van der Waals surface area contributed by atoms with Gasteiger partial charge in [0.1, 0.15) is 5.69 Å². The molecular formula is C12H18N4O2. The second-order valence-electron chi connectivity index (χ2n) is 4.62. The van der Waals surface area contributed by atoms with Crippen LogP contribution in [-0.4, -0.2) is 44.7 Å². The Labute approximate surface area is 106 Å². The zero-order valence-electron chi connectivity index (χ0n) is 10.8. The molecule has 0 unspecified atom stereocenters. The van der Waals surface area contributed by atoms with Gasteiger partial charge in [0.05, 0.1) is 6.20 Å². The summed E-state index contributed by atoms with van der Waals surface area (Å²) in [6, 6.07) is 0. The van der Waals surface area contributed by atoms with Crippen LogP contribution >= 0.6 is 0 Å². The van der Waals surface area contributed by atoms with Crippen LogP contribution in [-0.2, 0) is 11.8 Å². The number of aromatic nitrogens is 3. The van der Waals surface area contributed by atoms with Crippen molar-refractivity contribution in [2.45, 2.75) is 26.2 Å². The second kappa shape index (κ2) is 5.29. The van der Waals surface area contributed by atoms with Crippen LogP contribution in [0.15, 0.2) is 6.20 Å². The fourth-order valence-corrected chi connectivity index (χ4v) is 2.34. The lowest BCUT2D eigenvalue weighted by molar-refractivity contribution is -0.132. The summed E-state index contributed by atoms with van der Waals surface area (Å²) in [5.74, 6) is 0.248. The molecule has 1 amide bonds. The summed E-state index contributed by atoms with van der Waals surface area (Å²) in [5.41, 5.74) is 0.551. The van der Waals surface area contributed by atoms with Gasteiger partial charge in [0.15, 0.2) is 5.78 Å². The lowest BCUT2D eigenvalue weighted by Crippen LogP contribution is -2.40. The predicted octanol–water partition coefficient (Wildman–Crippen LogP) is 0.646. The monoisotopic (exact) mass is 250 g/mol. The number of carbonyl (C=O) groups is 2. The fraction of sp³-hybridized carbons (Fsp3) is 0.667. The highest BCUT2D eigenvalue weighted by Gasteiger charge is 2.28. The number of carbonyl (C=O) groups excluding carboxylic acids is 2. The molecule has 0 N–H and O–H groups in total. The van der Waals surface area contributed by atoms with E-state index in [-0.39, 0.29) is 17.6 Å². The van der Waals surface area contributed by atoms with Crippen LogP contribution in [0.3, 0.4) is 0 Å². The number of nitrogens with zero attached hydrogens (tertiary/aromatic N) is 4. The molecule has 1 aliphatic heterocycles. The average Bonchev–Trinajstić information content (AvgIpc) is 2.83. The van der Waals surface area contributed by atoms with Crippen LogP contribution in [0.1, 0.15) is 36.7 Å². The third-order valence-corrected chi connectivity index (χ3v) is 3.49. The highest BCUT2D eigenvalue weighted by Crippen LogP contribution is 2.21. The van der Waals surface area contributed by atoms with Crippen molar-refractivity contribution in [1.29, 1.82) is 0 Å². The van der Waals surface area contributed by atoms with E-state index in [4.69, 9.17) is 0 Å². The number of Topliss-reactive ketones (excluding diaryl/α,β-unsaturated/α-hetero) is 1. The van der Waals surface area contributed by atoms with E-state index in [0.29, 0.717) is 25.2 Å². The lowest BCUT2D eigenvalue weighted by Gasteiger charge is -2.31. The van der Waals surface area contributed by atoms with Gasteiger partial charge in [-0.3, -0.25) is 9.59 Å². The zero-order valence-corrected chi connectivity index (χ0v) is 10.8. The molecule has 2 heterocycles. The third-order valence-electron chi connectivity index (χ3n) is 3.49. The van der Waals surface area contributed by atoms with Gasteiger partial charge in [-0.25, -0.2) is 4.68 Å². The van der Waals surface area contributed by atoms with Crippen LogP contribution in [0, 0.1) is 5.92 Å². The topological polar surface area (TPSA) is 68.1 Å². The van der Waals surface area contributed by atoms with Gasteiger partial charge in [0.2, 0.25) is 5.91 Å². The molecule has 1 aromatic rings. The quantitative estimate of drug-likeness (QED) is 0.738. The predicted molar refractivity (Wildman–Crippen MR) is 64.9 cm³/mol. The Hall–Kier alpha value is -1.72. The van der Waals surface area contributed by atoms with E-state index in [1.165, 1.54) is 10.9 Å². The summed E-state index contributed by atoms with van der Waals surface area (Å²) < 4.78 is 1.51. The van der Waals surface area contributed by atoms with E-state index in [2.05, 4.69) is 10.3 Å². The first kappa shape index (κ1) is 12.7. The van der Waals surface area contributed by atoms with Gasteiger partial charge >= 0.3 is 0 Å². The van der Waals surface area contributed by atoms with E-state index >= 15 is 0 Å². The van der Waals surface area contributed by atoms with Gasteiger partial charge in [-0.15, -0.1) is 5.10 Å². The maximum atomic E-state index is 12.2. The Bertz CT molecular complexity index is 447. The molecule has 0 aliphatic carbocycles. The minimum atomic E-state index is -0.0110. The Balaban J connectivity index is 1.96. The van der Waals surface area contributed by atoms with Crippen LogP contribution in [0.25, 0.3) is 0 Å². The number of hydrogen-bond donors (Lipinski definition) is 0. The molecule has 1 saturated heterocycles. The average molecular weight is 250 g/mol. The molecule has 98 valence electrons. The number of piperidine rings is 1. The van der Waals surface area contributed by atoms with Gasteiger partial charge in [-0.05, 0) is 12.8 Å². The van der Waals surface area contributed by atoms with E-state index < -0.39 is 0 Å². The number of ketones is 1. The van der Waals surface area contributed by atoms with E-state index in [0.717, 1.165) is 12.8 Å². The van der Waals surface area contributed by atoms with Gasteiger partial charge in [0.25, 0.3) is 0 Å². The normalized spacial score (nSPS) is 16.9. The Morgan fingerprint density at radius 2 is 2.06 bits per heavy atom. The number of hydrogen-bond acceptors (Lipinski definition) is 4. The van der Waals surface area contributed by atoms with Crippen molar-refractivity contribution in [1.82, 2.24) is 19.9 Å². The molecule has 1 aliphatic rings. The first-order chi connectivity index (χ1) is 8.63. The summed E-state index contributed by atoms with van der Waals surface area (Å²) in [4.78, 5) is 25.6. The highest BCUT2D eigenvalue weighted by atomic mass is 16.2. The molecule has 0 bridgehead atoms. The zero-order chi connectivity index (χ0) is 13.1. The van der Waals surface area contributed by atoms with E-state index in [1.807, 2.05) is 11.8 Å². The second-order valence-corrected chi connectivity index (χ2v) is 4.62. The number of amides is 1. The molecule has 0 atom stereocenters. The molecule has 6 heteroatoms. The van der Waals surface area contributed by atoms with Crippen molar-refractivity contribution >= 4 is 11.7 Å². The lowest BCUT2D eigenvalue weighted by atomic mass is 9.91. The number of aryl methyl sites for hydroxylation is 1. The first-order valence-electron chi connectivity index (χ1n) is 6.30. The third kappa shape index (κ3) is 2.42. The maximum absolute atomic E-state index is 12.2. The molecule has 18 heavy (non-hydrogen) atoms. The SMILES string of the molecule is CCC(=O)N1CCC(C(=O)c2cnnn2C)CC1. The van der Waals surface area contributed by atoms with Crippen molar-refractivity contribution in [3.8, 4) is 0 Å². The van der Waals surface area contributed by atoms with E-state index in [1.54, 1.807) is 7.05 Å². The Morgan fingerprint density at radius 3 is 2.56 bits per heavy atom. The molecule has 1 aromatic heterocycles. The molecule has 6 nitrogen and oxygen atoms in total. The van der Waals surface area contributed by atoms with Crippen molar-refractivity contribution in [2.24, 2.45) is 13.0 Å². The van der Waals surface area contributed by atoms with Crippen LogP contribution < -0.4 is 0 Å². The minimum Gasteiger partial charge on any atom is -0.343 e. The molecule has 0 saturated carbocycles. The summed E-state index contributed by atoms with van der Waals surface area (Å²) in [7, 11) is 1.72. The van der Waals surface area contributed by atoms with Gasteiger partial charge in [-0.1, -0.05) is 12.1 Å². The van der Waals surface area contributed by atoms with Crippen LogP contribution in [0.4, 0.5) is 0 Å². The van der Waals surface area contributed by atoms with Crippen molar-refractivity contribution in [3.05, 3.63) is 11.9 Å². The standard InChI is InChI=1S/C12H18N4O2/c1-3-11(17)16-6-4-9(5-7-16)12(18)10-8-13-14-15(10)2/h8-9H,3-7H2,1-2H3. The largest absolute Gasteiger partial charge is 0.343 e. The van der Waals surface area contributed by atoms with Crippen molar-refractivity contribution in [3.63, 3.8) is 0 Å². The molecule has 0 radical (unpaired) electrons. The summed E-state index contributed by atoms with van der Waals surface area (Å²) >= 11 is 0. The van der Waals surface area contributed by atoms with Crippen molar-refractivity contribution in [2.75, 3.05) is 13.1 Å². The Morgan fingerprint density at radius 1 is 1.39 bits per heavy atom. The number of rotatable bonds is 3. The molecular weight excluding hydrogens is 232 g/mol. The van der Waals surface area contributed by atoms with Crippen LogP contribution in [0.2, 0.25) is 0 Å². The molecule has 0 aromatic carbocycles. The first-order valence-corrected chi connectivity index (χ1v) is 6.30. The van der Waals surface area contributed by atoms with E-state index in [9.17, 15) is 9.59 Å². The smallest absolute Gasteiger partial charge is 0.222 e. The van der Waals surface area contributed by atoms with Gasteiger partial charge in [0, 0.05) is 32.5 Å². The molecule has 2 rings (SSSR count). The molecule has 1 fully saturated rings. The van der Waals surface area contributed by atoms with Gasteiger partial charge < -0.3 is 4.90 Å². The summed E-state index contributed by atoms with van der Waals surface area (Å²) in [5, 5.41) is 7.49. The summed E-state index contributed by atoms with van der Waals surface area (Å²) in [6.07, 6.45) is 3.50. The minimum absolute atomic E-state index is 0.0110. The van der Waals surface area contributed by atoms with Gasteiger partial charge in [-0.2, -0.15) is 0 Å². The van der Waals surface area contributed by atoms with Crippen LogP contribution in [0.5, 0.6) is 0 Å². The Kier molecular flexibility index (Phi) is 3.74.